The molecule has 0 aliphatic rings. The summed E-state index contributed by atoms with van der Waals surface area (Å²) in [5, 5.41) is 5.29. The molecular formula is C18H15FN2OS. The smallest absolute Gasteiger partial charge is 0.271 e. The summed E-state index contributed by atoms with van der Waals surface area (Å²) in [7, 11) is 0. The number of carbonyl (C=O) groups is 1. The number of aromatic nitrogens is 1. The van der Waals surface area contributed by atoms with Gasteiger partial charge in [0.05, 0.1) is 0 Å². The molecule has 0 spiro atoms. The Balaban J connectivity index is 1.69. The summed E-state index contributed by atoms with van der Waals surface area (Å²) >= 11 is 1.37. The molecule has 1 heterocycles. The van der Waals surface area contributed by atoms with Crippen LogP contribution in [0.15, 0.2) is 53.9 Å². The van der Waals surface area contributed by atoms with E-state index in [0.29, 0.717) is 17.2 Å². The summed E-state index contributed by atoms with van der Waals surface area (Å²) in [6, 6.07) is 14.0. The largest absolute Gasteiger partial charge is 0.347 e. The number of halogens is 1. The normalized spacial score (nSPS) is 10.5. The van der Waals surface area contributed by atoms with Gasteiger partial charge in [-0.3, -0.25) is 4.79 Å². The summed E-state index contributed by atoms with van der Waals surface area (Å²) in [5.74, 6) is -0.501. The van der Waals surface area contributed by atoms with Crippen LogP contribution in [0, 0.1) is 12.7 Å². The zero-order valence-electron chi connectivity index (χ0n) is 12.5. The van der Waals surface area contributed by atoms with Crippen molar-refractivity contribution in [3.8, 4) is 10.6 Å². The van der Waals surface area contributed by atoms with Crippen LogP contribution in [-0.4, -0.2) is 10.9 Å². The van der Waals surface area contributed by atoms with E-state index in [2.05, 4.69) is 10.3 Å². The Labute approximate surface area is 137 Å². The van der Waals surface area contributed by atoms with Crippen LogP contribution in [0.3, 0.4) is 0 Å². The fourth-order valence-electron chi connectivity index (χ4n) is 2.18. The molecule has 0 saturated heterocycles. The van der Waals surface area contributed by atoms with Crippen LogP contribution in [0.5, 0.6) is 0 Å². The average molecular weight is 326 g/mol. The minimum absolute atomic E-state index is 0.210. The maximum Gasteiger partial charge on any atom is 0.271 e. The van der Waals surface area contributed by atoms with Crippen molar-refractivity contribution in [1.82, 2.24) is 10.3 Å². The Morgan fingerprint density at radius 3 is 2.65 bits per heavy atom. The number of nitrogens with zero attached hydrogens (tertiary/aromatic N) is 1. The van der Waals surface area contributed by atoms with Crippen molar-refractivity contribution in [2.24, 2.45) is 0 Å². The molecule has 0 aliphatic heterocycles. The van der Waals surface area contributed by atoms with Crippen molar-refractivity contribution in [1.29, 1.82) is 0 Å². The van der Waals surface area contributed by atoms with Crippen LogP contribution in [0.1, 0.15) is 21.6 Å². The highest BCUT2D eigenvalue weighted by Gasteiger charge is 2.12. The molecule has 116 valence electrons. The van der Waals surface area contributed by atoms with Gasteiger partial charge in [0.25, 0.3) is 5.91 Å². The molecule has 0 aliphatic carbocycles. The van der Waals surface area contributed by atoms with Crippen LogP contribution in [0.2, 0.25) is 0 Å². The van der Waals surface area contributed by atoms with Crippen molar-refractivity contribution in [2.75, 3.05) is 0 Å². The average Bonchev–Trinajstić information content (AvgIpc) is 3.04. The third-order valence-electron chi connectivity index (χ3n) is 3.53. The van der Waals surface area contributed by atoms with Crippen molar-refractivity contribution in [3.05, 3.63) is 76.5 Å². The van der Waals surface area contributed by atoms with Gasteiger partial charge in [-0.1, -0.05) is 24.3 Å². The van der Waals surface area contributed by atoms with E-state index >= 15 is 0 Å². The Morgan fingerprint density at radius 1 is 1.17 bits per heavy atom. The van der Waals surface area contributed by atoms with Crippen molar-refractivity contribution in [3.63, 3.8) is 0 Å². The number of hydrogen-bond acceptors (Lipinski definition) is 3. The fourth-order valence-corrected chi connectivity index (χ4v) is 2.98. The SMILES string of the molecule is Cc1ccccc1CNC(=O)c1csc(-c2ccc(F)cc2)n1. The van der Waals surface area contributed by atoms with Crippen LogP contribution in [0.4, 0.5) is 4.39 Å². The lowest BCUT2D eigenvalue weighted by atomic mass is 10.1. The highest BCUT2D eigenvalue weighted by Crippen LogP contribution is 2.23. The summed E-state index contributed by atoms with van der Waals surface area (Å²) in [4.78, 5) is 16.5. The minimum atomic E-state index is -0.290. The summed E-state index contributed by atoms with van der Waals surface area (Å²) in [6.45, 7) is 2.48. The van der Waals surface area contributed by atoms with Gasteiger partial charge >= 0.3 is 0 Å². The number of benzene rings is 2. The van der Waals surface area contributed by atoms with E-state index in [-0.39, 0.29) is 11.7 Å². The molecule has 1 N–H and O–H groups in total. The lowest BCUT2D eigenvalue weighted by Crippen LogP contribution is -2.23. The second kappa shape index (κ2) is 6.71. The number of carbonyl (C=O) groups excluding carboxylic acids is 1. The highest BCUT2D eigenvalue weighted by molar-refractivity contribution is 7.13. The Morgan fingerprint density at radius 2 is 1.91 bits per heavy atom. The van der Waals surface area contributed by atoms with Crippen molar-refractivity contribution < 1.29 is 9.18 Å². The van der Waals surface area contributed by atoms with Crippen LogP contribution in [0.25, 0.3) is 10.6 Å². The summed E-state index contributed by atoms with van der Waals surface area (Å²) in [5.41, 5.74) is 3.39. The first kappa shape index (κ1) is 15.4. The van der Waals surface area contributed by atoms with E-state index < -0.39 is 0 Å². The van der Waals surface area contributed by atoms with Gasteiger partial charge in [-0.05, 0) is 42.3 Å². The van der Waals surface area contributed by atoms with Gasteiger partial charge in [-0.15, -0.1) is 11.3 Å². The first-order valence-electron chi connectivity index (χ1n) is 7.17. The van der Waals surface area contributed by atoms with Crippen LogP contribution < -0.4 is 5.32 Å². The van der Waals surface area contributed by atoms with E-state index in [1.807, 2.05) is 31.2 Å². The standard InChI is InChI=1S/C18H15FN2OS/c1-12-4-2-3-5-14(12)10-20-17(22)16-11-23-18(21-16)13-6-8-15(19)9-7-13/h2-9,11H,10H2,1H3,(H,20,22). The molecule has 0 bridgehead atoms. The number of nitrogens with one attached hydrogen (secondary N) is 1. The first-order chi connectivity index (χ1) is 11.1. The van der Waals surface area contributed by atoms with Gasteiger partial charge in [-0.2, -0.15) is 0 Å². The monoisotopic (exact) mass is 326 g/mol. The molecule has 0 fully saturated rings. The molecule has 3 nitrogen and oxygen atoms in total. The Bertz CT molecular complexity index is 827. The molecular weight excluding hydrogens is 311 g/mol. The number of rotatable bonds is 4. The molecule has 23 heavy (non-hydrogen) atoms. The topological polar surface area (TPSA) is 42.0 Å². The van der Waals surface area contributed by atoms with Crippen LogP contribution >= 0.6 is 11.3 Å². The zero-order chi connectivity index (χ0) is 16.2. The summed E-state index contributed by atoms with van der Waals surface area (Å²) < 4.78 is 12.9. The molecule has 0 unspecified atom stereocenters. The van der Waals surface area contributed by atoms with Gasteiger partial charge in [-0.25, -0.2) is 9.37 Å². The van der Waals surface area contributed by atoms with Gasteiger partial charge < -0.3 is 5.32 Å². The van der Waals surface area contributed by atoms with Crippen molar-refractivity contribution >= 4 is 17.2 Å². The number of aryl methyl sites for hydroxylation is 1. The Kier molecular flexibility index (Phi) is 4.48. The molecule has 3 aromatic rings. The van der Waals surface area contributed by atoms with Gasteiger partial charge in [0.15, 0.2) is 0 Å². The molecule has 3 rings (SSSR count). The molecule has 5 heteroatoms. The second-order valence-electron chi connectivity index (χ2n) is 5.15. The predicted molar refractivity (Wildman–Crippen MR) is 89.9 cm³/mol. The van der Waals surface area contributed by atoms with E-state index in [1.54, 1.807) is 17.5 Å². The van der Waals surface area contributed by atoms with Gasteiger partial charge in [0.1, 0.15) is 16.5 Å². The van der Waals surface area contributed by atoms with E-state index in [1.165, 1.54) is 23.5 Å². The molecule has 0 saturated carbocycles. The van der Waals surface area contributed by atoms with E-state index in [0.717, 1.165) is 16.7 Å². The first-order valence-corrected chi connectivity index (χ1v) is 8.05. The van der Waals surface area contributed by atoms with Crippen molar-refractivity contribution in [2.45, 2.75) is 13.5 Å². The number of hydrogen-bond donors (Lipinski definition) is 1. The quantitative estimate of drug-likeness (QED) is 0.781. The third kappa shape index (κ3) is 3.63. The number of thiazole rings is 1. The second-order valence-corrected chi connectivity index (χ2v) is 6.01. The fraction of sp³-hybridized carbons (Fsp3) is 0.111. The molecule has 2 aromatic carbocycles. The van der Waals surface area contributed by atoms with Gasteiger partial charge in [0, 0.05) is 17.5 Å². The minimum Gasteiger partial charge on any atom is -0.347 e. The number of amides is 1. The zero-order valence-corrected chi connectivity index (χ0v) is 13.4. The molecule has 0 radical (unpaired) electrons. The molecule has 1 aromatic heterocycles. The Hall–Kier alpha value is -2.53. The molecule has 1 amide bonds. The highest BCUT2D eigenvalue weighted by atomic mass is 32.1. The van der Waals surface area contributed by atoms with E-state index in [4.69, 9.17) is 0 Å². The predicted octanol–water partition coefficient (Wildman–Crippen LogP) is 4.19. The lowest BCUT2D eigenvalue weighted by molar-refractivity contribution is 0.0946. The van der Waals surface area contributed by atoms with Crippen LogP contribution in [-0.2, 0) is 6.54 Å². The molecule has 0 atom stereocenters. The third-order valence-corrected chi connectivity index (χ3v) is 4.42. The summed E-state index contributed by atoms with van der Waals surface area (Å²) in [6.07, 6.45) is 0. The maximum atomic E-state index is 12.9. The van der Waals surface area contributed by atoms with E-state index in [9.17, 15) is 9.18 Å². The van der Waals surface area contributed by atoms with Gasteiger partial charge in [0.2, 0.25) is 0 Å². The lowest BCUT2D eigenvalue weighted by Gasteiger charge is -2.06. The maximum absolute atomic E-state index is 12.9.